The molecule has 0 fully saturated rings. The first kappa shape index (κ1) is 13.1. The van der Waals surface area contributed by atoms with Gasteiger partial charge < -0.3 is 9.72 Å². The lowest BCUT2D eigenvalue weighted by molar-refractivity contribution is 0.0636. The maximum Gasteiger partial charge on any atom is 0.412 e. The van der Waals surface area contributed by atoms with E-state index in [4.69, 9.17) is 4.74 Å². The first-order valence-electron chi connectivity index (χ1n) is 5.97. The summed E-state index contributed by atoms with van der Waals surface area (Å²) in [5, 5.41) is 3.86. The molecule has 2 N–H and O–H groups in total. The third-order valence-electron chi connectivity index (χ3n) is 2.45. The fourth-order valence-corrected chi connectivity index (χ4v) is 1.74. The second-order valence-corrected chi connectivity index (χ2v) is 5.20. The van der Waals surface area contributed by atoms with Gasteiger partial charge in [0.05, 0.1) is 5.69 Å². The number of aromatic nitrogens is 1. The third-order valence-corrected chi connectivity index (χ3v) is 2.45. The summed E-state index contributed by atoms with van der Waals surface area (Å²) in [5.41, 5.74) is -0.199. The van der Waals surface area contributed by atoms with Crippen molar-refractivity contribution in [3.05, 3.63) is 40.8 Å². The van der Waals surface area contributed by atoms with Crippen molar-refractivity contribution < 1.29 is 9.53 Å². The van der Waals surface area contributed by atoms with Crippen LogP contribution in [0.25, 0.3) is 10.8 Å². The summed E-state index contributed by atoms with van der Waals surface area (Å²) in [6.45, 7) is 5.38. The van der Waals surface area contributed by atoms with E-state index in [1.807, 2.05) is 0 Å². The number of hydrogen-bond donors (Lipinski definition) is 2. The minimum atomic E-state index is -0.563. The summed E-state index contributed by atoms with van der Waals surface area (Å²) in [6, 6.07) is 6.88. The number of rotatable bonds is 1. The largest absolute Gasteiger partial charge is 0.444 e. The van der Waals surface area contributed by atoms with Crippen LogP contribution >= 0.6 is 0 Å². The average molecular weight is 260 g/mol. The van der Waals surface area contributed by atoms with Gasteiger partial charge in [-0.05, 0) is 39.0 Å². The molecule has 1 amide bonds. The zero-order chi connectivity index (χ0) is 14.0. The Kier molecular flexibility index (Phi) is 3.29. The summed E-state index contributed by atoms with van der Waals surface area (Å²) in [4.78, 5) is 26.0. The number of ether oxygens (including phenoxy) is 1. The Labute approximate surface area is 110 Å². The van der Waals surface area contributed by atoms with Gasteiger partial charge in [0.2, 0.25) is 0 Å². The Morgan fingerprint density at radius 3 is 2.63 bits per heavy atom. The van der Waals surface area contributed by atoms with Gasteiger partial charge in [-0.1, -0.05) is 6.07 Å². The summed E-state index contributed by atoms with van der Waals surface area (Å²) >= 11 is 0. The van der Waals surface area contributed by atoms with Gasteiger partial charge >= 0.3 is 6.09 Å². The van der Waals surface area contributed by atoms with Crippen LogP contribution in [0.2, 0.25) is 0 Å². The van der Waals surface area contributed by atoms with Crippen molar-refractivity contribution in [2.45, 2.75) is 26.4 Å². The van der Waals surface area contributed by atoms with Gasteiger partial charge in [0, 0.05) is 17.0 Å². The molecule has 0 saturated heterocycles. The molecule has 5 heteroatoms. The fourth-order valence-electron chi connectivity index (χ4n) is 1.74. The van der Waals surface area contributed by atoms with Crippen molar-refractivity contribution in [1.29, 1.82) is 0 Å². The van der Waals surface area contributed by atoms with Crippen molar-refractivity contribution in [2.24, 2.45) is 0 Å². The maximum absolute atomic E-state index is 11.7. The molecule has 0 unspecified atom stereocenters. The van der Waals surface area contributed by atoms with E-state index in [0.717, 1.165) is 0 Å². The number of pyridine rings is 1. The van der Waals surface area contributed by atoms with Crippen LogP contribution in [0.4, 0.5) is 10.5 Å². The van der Waals surface area contributed by atoms with Crippen molar-refractivity contribution >= 4 is 22.6 Å². The van der Waals surface area contributed by atoms with Gasteiger partial charge in [0.15, 0.2) is 0 Å². The molecule has 1 heterocycles. The number of aromatic amines is 1. The van der Waals surface area contributed by atoms with Gasteiger partial charge in [-0.3, -0.25) is 10.1 Å². The second-order valence-electron chi connectivity index (χ2n) is 5.20. The predicted molar refractivity (Wildman–Crippen MR) is 74.4 cm³/mol. The molecular formula is C14H16N2O3. The Morgan fingerprint density at radius 1 is 1.21 bits per heavy atom. The molecule has 0 spiro atoms. The van der Waals surface area contributed by atoms with E-state index in [2.05, 4.69) is 10.3 Å². The Bertz CT molecular complexity index is 668. The summed E-state index contributed by atoms with van der Waals surface area (Å²) in [5.74, 6) is 0. The molecule has 1 aromatic heterocycles. The summed E-state index contributed by atoms with van der Waals surface area (Å²) in [7, 11) is 0. The highest BCUT2D eigenvalue weighted by Gasteiger charge is 2.16. The normalized spacial score (nSPS) is 11.3. The SMILES string of the molecule is CC(C)(C)OC(=O)Nc1cccc2c(=O)[nH]ccc12. The lowest BCUT2D eigenvalue weighted by Gasteiger charge is -2.20. The number of amides is 1. The molecule has 0 atom stereocenters. The molecule has 100 valence electrons. The van der Waals surface area contributed by atoms with Crippen LogP contribution in [0.5, 0.6) is 0 Å². The summed E-state index contributed by atoms with van der Waals surface area (Å²) < 4.78 is 5.18. The zero-order valence-electron chi connectivity index (χ0n) is 11.1. The van der Waals surface area contributed by atoms with Crippen molar-refractivity contribution in [1.82, 2.24) is 4.98 Å². The molecule has 1 aromatic carbocycles. The third kappa shape index (κ3) is 3.13. The highest BCUT2D eigenvalue weighted by atomic mass is 16.6. The highest BCUT2D eigenvalue weighted by molar-refractivity contribution is 5.99. The van der Waals surface area contributed by atoms with E-state index < -0.39 is 11.7 Å². The van der Waals surface area contributed by atoms with Crippen LogP contribution in [0.1, 0.15) is 20.8 Å². The number of benzene rings is 1. The van der Waals surface area contributed by atoms with Gasteiger partial charge in [-0.25, -0.2) is 4.79 Å². The lowest BCUT2D eigenvalue weighted by Crippen LogP contribution is -2.27. The van der Waals surface area contributed by atoms with Crippen molar-refractivity contribution in [2.75, 3.05) is 5.32 Å². The number of anilines is 1. The predicted octanol–water partition coefficient (Wildman–Crippen LogP) is 2.88. The average Bonchev–Trinajstić information content (AvgIpc) is 2.28. The van der Waals surface area contributed by atoms with Gasteiger partial charge in [-0.15, -0.1) is 0 Å². The monoisotopic (exact) mass is 260 g/mol. The Hall–Kier alpha value is -2.30. The molecule has 0 bridgehead atoms. The van der Waals surface area contributed by atoms with Crippen molar-refractivity contribution in [3.63, 3.8) is 0 Å². The van der Waals surface area contributed by atoms with Crippen LogP contribution in [0, 0.1) is 0 Å². The van der Waals surface area contributed by atoms with Gasteiger partial charge in [0.25, 0.3) is 5.56 Å². The first-order chi connectivity index (χ1) is 8.87. The van der Waals surface area contributed by atoms with Gasteiger partial charge in [-0.2, -0.15) is 0 Å². The van der Waals surface area contributed by atoms with E-state index in [1.54, 1.807) is 51.2 Å². The molecule has 2 aromatic rings. The highest BCUT2D eigenvalue weighted by Crippen LogP contribution is 2.21. The maximum atomic E-state index is 11.7. The van der Waals surface area contributed by atoms with Crippen LogP contribution < -0.4 is 10.9 Å². The Balaban J connectivity index is 2.34. The van der Waals surface area contributed by atoms with E-state index in [1.165, 1.54) is 0 Å². The lowest BCUT2D eigenvalue weighted by atomic mass is 10.1. The van der Waals surface area contributed by atoms with E-state index in [-0.39, 0.29) is 5.56 Å². The number of H-pyrrole nitrogens is 1. The van der Waals surface area contributed by atoms with Crippen LogP contribution in [0.3, 0.4) is 0 Å². The van der Waals surface area contributed by atoms with Gasteiger partial charge in [0.1, 0.15) is 5.60 Å². The number of fused-ring (bicyclic) bond motifs is 1. The number of carbonyl (C=O) groups excluding carboxylic acids is 1. The van der Waals surface area contributed by atoms with E-state index in [9.17, 15) is 9.59 Å². The quantitative estimate of drug-likeness (QED) is 0.828. The van der Waals surface area contributed by atoms with Crippen LogP contribution in [0.15, 0.2) is 35.3 Å². The first-order valence-corrected chi connectivity index (χ1v) is 5.97. The van der Waals surface area contributed by atoms with E-state index in [0.29, 0.717) is 16.5 Å². The molecule has 0 aliphatic carbocycles. The summed E-state index contributed by atoms with van der Waals surface area (Å²) in [6.07, 6.45) is 1.01. The Morgan fingerprint density at radius 2 is 1.95 bits per heavy atom. The smallest absolute Gasteiger partial charge is 0.412 e. The van der Waals surface area contributed by atoms with E-state index >= 15 is 0 Å². The minimum absolute atomic E-state index is 0.190. The number of hydrogen-bond acceptors (Lipinski definition) is 3. The number of nitrogens with one attached hydrogen (secondary N) is 2. The second kappa shape index (κ2) is 4.76. The molecule has 2 rings (SSSR count). The molecular weight excluding hydrogens is 244 g/mol. The van der Waals surface area contributed by atoms with Crippen LogP contribution in [-0.4, -0.2) is 16.7 Å². The standard InChI is InChI=1S/C14H16N2O3/c1-14(2,3)19-13(18)16-11-6-4-5-10-9(11)7-8-15-12(10)17/h4-8H,1-3H3,(H,15,17)(H,16,18). The fraction of sp³-hybridized carbons (Fsp3) is 0.286. The number of carbonyl (C=O) groups is 1. The van der Waals surface area contributed by atoms with Crippen molar-refractivity contribution in [3.8, 4) is 0 Å². The molecule has 0 radical (unpaired) electrons. The minimum Gasteiger partial charge on any atom is -0.444 e. The van der Waals surface area contributed by atoms with Crippen LogP contribution in [-0.2, 0) is 4.74 Å². The molecule has 0 aliphatic rings. The molecule has 19 heavy (non-hydrogen) atoms. The molecule has 0 aliphatic heterocycles. The molecule has 5 nitrogen and oxygen atoms in total. The zero-order valence-corrected chi connectivity index (χ0v) is 11.1. The topological polar surface area (TPSA) is 71.2 Å². The molecule has 0 saturated carbocycles.